The van der Waals surface area contributed by atoms with E-state index in [0.717, 1.165) is 12.8 Å². The van der Waals surface area contributed by atoms with Crippen LogP contribution in [0.2, 0.25) is 0 Å². The zero-order valence-electron chi connectivity index (χ0n) is 19.2. The predicted octanol–water partition coefficient (Wildman–Crippen LogP) is 8.47. The van der Waals surface area contributed by atoms with Gasteiger partial charge in [0.05, 0.1) is 0 Å². The summed E-state index contributed by atoms with van der Waals surface area (Å²) in [6.07, 6.45) is 15.3. The average molecular weight is 375 g/mol. The van der Waals surface area contributed by atoms with Crippen LogP contribution < -0.4 is 0 Å². The molecule has 0 saturated carbocycles. The number of unbranched alkanes of at least 4 members (excludes halogenated alkanes) is 5. The Labute approximate surface area is 170 Å². The Morgan fingerprint density at radius 3 is 1.89 bits per heavy atom. The summed E-state index contributed by atoms with van der Waals surface area (Å²) in [4.78, 5) is 0. The average Bonchev–Trinajstić information content (AvgIpc) is 2.58. The van der Waals surface area contributed by atoms with Crippen LogP contribution >= 0.6 is 0 Å². The molecule has 0 aliphatic heterocycles. The highest BCUT2D eigenvalue weighted by atomic mass is 16.3. The van der Waals surface area contributed by atoms with Crippen LogP contribution in [0.3, 0.4) is 0 Å². The van der Waals surface area contributed by atoms with Crippen molar-refractivity contribution in [1.82, 2.24) is 0 Å². The van der Waals surface area contributed by atoms with Gasteiger partial charge in [0.25, 0.3) is 0 Å². The van der Waals surface area contributed by atoms with E-state index in [2.05, 4.69) is 47.6 Å². The second kappa shape index (κ2) is 11.8. The van der Waals surface area contributed by atoms with Gasteiger partial charge in [-0.05, 0) is 72.6 Å². The van der Waals surface area contributed by atoms with Gasteiger partial charge >= 0.3 is 0 Å². The summed E-state index contributed by atoms with van der Waals surface area (Å²) in [6, 6.07) is 6.02. The predicted molar refractivity (Wildman–Crippen MR) is 121 cm³/mol. The van der Waals surface area contributed by atoms with Crippen molar-refractivity contribution in [2.45, 2.75) is 119 Å². The van der Waals surface area contributed by atoms with Crippen LogP contribution in [0.25, 0.3) is 0 Å². The Hall–Kier alpha value is -0.980. The summed E-state index contributed by atoms with van der Waals surface area (Å²) in [5, 5.41) is 9.89. The van der Waals surface area contributed by atoms with Crippen LogP contribution in [0.4, 0.5) is 0 Å². The number of phenols is 1. The highest BCUT2D eigenvalue weighted by Crippen LogP contribution is 2.28. The van der Waals surface area contributed by atoms with Crippen molar-refractivity contribution in [2.75, 3.05) is 0 Å². The van der Waals surface area contributed by atoms with E-state index in [9.17, 15) is 5.11 Å². The molecule has 0 radical (unpaired) electrons. The molecule has 0 atom stereocenters. The highest BCUT2D eigenvalue weighted by molar-refractivity contribution is 5.35. The zero-order valence-corrected chi connectivity index (χ0v) is 19.2. The summed E-state index contributed by atoms with van der Waals surface area (Å²) in [5.74, 6) is 0.422. The van der Waals surface area contributed by atoms with E-state index in [4.69, 9.17) is 0 Å². The van der Waals surface area contributed by atoms with Crippen molar-refractivity contribution in [2.24, 2.45) is 10.8 Å². The summed E-state index contributed by atoms with van der Waals surface area (Å²) in [7, 11) is 0. The van der Waals surface area contributed by atoms with Gasteiger partial charge in [0.2, 0.25) is 0 Å². The molecule has 0 amide bonds. The Balaban J connectivity index is 2.34. The number of aryl methyl sites for hydroxylation is 2. The fourth-order valence-electron chi connectivity index (χ4n) is 3.69. The van der Waals surface area contributed by atoms with E-state index in [1.54, 1.807) is 0 Å². The molecule has 27 heavy (non-hydrogen) atoms. The summed E-state index contributed by atoms with van der Waals surface area (Å²) in [5.41, 5.74) is 3.79. The summed E-state index contributed by atoms with van der Waals surface area (Å²) < 4.78 is 0. The topological polar surface area (TPSA) is 20.2 Å². The van der Waals surface area contributed by atoms with Gasteiger partial charge in [-0.1, -0.05) is 86.1 Å². The second-order valence-corrected chi connectivity index (χ2v) is 10.5. The third kappa shape index (κ3) is 11.5. The van der Waals surface area contributed by atoms with Gasteiger partial charge in [0.1, 0.15) is 5.75 Å². The van der Waals surface area contributed by atoms with E-state index >= 15 is 0 Å². The van der Waals surface area contributed by atoms with Gasteiger partial charge in [-0.3, -0.25) is 0 Å². The first kappa shape index (κ1) is 24.1. The normalized spacial score (nSPS) is 12.5. The van der Waals surface area contributed by atoms with E-state index < -0.39 is 0 Å². The molecule has 0 heterocycles. The van der Waals surface area contributed by atoms with Crippen LogP contribution in [0.5, 0.6) is 5.75 Å². The molecule has 1 aromatic rings. The first-order valence-corrected chi connectivity index (χ1v) is 11.4. The van der Waals surface area contributed by atoms with E-state index in [0.29, 0.717) is 16.6 Å². The molecular weight excluding hydrogens is 328 g/mol. The van der Waals surface area contributed by atoms with E-state index in [1.165, 1.54) is 75.3 Å². The molecule has 1 aromatic carbocycles. The van der Waals surface area contributed by atoms with Crippen molar-refractivity contribution >= 4 is 0 Å². The number of aromatic hydroxyl groups is 1. The number of rotatable bonds is 13. The third-order valence-corrected chi connectivity index (χ3v) is 6.07. The Morgan fingerprint density at radius 1 is 0.704 bits per heavy atom. The fraction of sp³-hybridized carbons (Fsp3) is 0.769. The van der Waals surface area contributed by atoms with Crippen LogP contribution in [-0.2, 0) is 12.8 Å². The number of hydrogen-bond acceptors (Lipinski definition) is 1. The summed E-state index contributed by atoms with van der Waals surface area (Å²) >= 11 is 0. The molecule has 0 aliphatic carbocycles. The van der Waals surface area contributed by atoms with Gasteiger partial charge in [0, 0.05) is 0 Å². The van der Waals surface area contributed by atoms with Crippen molar-refractivity contribution in [3.63, 3.8) is 0 Å². The first-order chi connectivity index (χ1) is 12.6. The molecule has 0 saturated heterocycles. The van der Waals surface area contributed by atoms with Crippen molar-refractivity contribution in [3.05, 3.63) is 29.3 Å². The van der Waals surface area contributed by atoms with Gasteiger partial charge < -0.3 is 5.11 Å². The van der Waals surface area contributed by atoms with Crippen molar-refractivity contribution in [1.29, 1.82) is 0 Å². The molecule has 0 unspecified atom stereocenters. The van der Waals surface area contributed by atoms with E-state index in [-0.39, 0.29) is 0 Å². The molecule has 0 spiro atoms. The standard InChI is InChI=1S/C26H46O/c1-7-26(5,6)20-14-9-8-11-16-23-21-24(27)18-17-22(23)15-12-10-13-19-25(2,3)4/h17-18,21,27H,7-16,19-20H2,1-6H3. The monoisotopic (exact) mass is 374 g/mol. The molecular formula is C26H46O. The third-order valence-electron chi connectivity index (χ3n) is 6.07. The van der Waals surface area contributed by atoms with Crippen molar-refractivity contribution in [3.8, 4) is 5.75 Å². The minimum absolute atomic E-state index is 0.422. The minimum atomic E-state index is 0.422. The first-order valence-electron chi connectivity index (χ1n) is 11.4. The minimum Gasteiger partial charge on any atom is -0.508 e. The summed E-state index contributed by atoms with van der Waals surface area (Å²) in [6.45, 7) is 14.0. The maximum Gasteiger partial charge on any atom is 0.115 e. The molecule has 0 bridgehead atoms. The van der Waals surface area contributed by atoms with Gasteiger partial charge in [-0.2, -0.15) is 0 Å². The van der Waals surface area contributed by atoms with Gasteiger partial charge in [0.15, 0.2) is 0 Å². The van der Waals surface area contributed by atoms with Crippen LogP contribution in [0, 0.1) is 10.8 Å². The Kier molecular flexibility index (Phi) is 10.5. The molecule has 156 valence electrons. The van der Waals surface area contributed by atoms with E-state index in [1.807, 2.05) is 12.1 Å². The molecule has 1 heteroatoms. The number of benzene rings is 1. The molecule has 0 aliphatic rings. The Bertz CT molecular complexity index is 522. The largest absolute Gasteiger partial charge is 0.508 e. The number of hydrogen-bond donors (Lipinski definition) is 1. The smallest absolute Gasteiger partial charge is 0.115 e. The molecule has 1 N–H and O–H groups in total. The highest BCUT2D eigenvalue weighted by Gasteiger charge is 2.14. The lowest BCUT2D eigenvalue weighted by atomic mass is 9.84. The fourth-order valence-corrected chi connectivity index (χ4v) is 3.69. The molecule has 1 rings (SSSR count). The quantitative estimate of drug-likeness (QED) is 0.343. The lowest BCUT2D eigenvalue weighted by molar-refractivity contribution is 0.307. The zero-order chi connectivity index (χ0) is 20.3. The van der Waals surface area contributed by atoms with Gasteiger partial charge in [-0.25, -0.2) is 0 Å². The van der Waals surface area contributed by atoms with Gasteiger partial charge in [-0.15, -0.1) is 0 Å². The number of phenolic OH excluding ortho intramolecular Hbond substituents is 1. The van der Waals surface area contributed by atoms with Crippen LogP contribution in [0.1, 0.15) is 117 Å². The Morgan fingerprint density at radius 2 is 1.26 bits per heavy atom. The maximum atomic E-state index is 9.89. The van der Waals surface area contributed by atoms with Crippen LogP contribution in [0.15, 0.2) is 18.2 Å². The lowest BCUT2D eigenvalue weighted by Crippen LogP contribution is -2.08. The molecule has 0 aromatic heterocycles. The second-order valence-electron chi connectivity index (χ2n) is 10.5. The SMILES string of the molecule is CCC(C)(C)CCCCCCc1cc(O)ccc1CCCCCC(C)(C)C. The van der Waals surface area contributed by atoms with Crippen molar-refractivity contribution < 1.29 is 5.11 Å². The lowest BCUT2D eigenvalue weighted by Gasteiger charge is -2.22. The maximum absolute atomic E-state index is 9.89. The molecule has 0 fully saturated rings. The van der Waals surface area contributed by atoms with Crippen LogP contribution in [-0.4, -0.2) is 5.11 Å². The molecule has 1 nitrogen and oxygen atoms in total.